The molecule has 2 aromatic carbocycles. The van der Waals surface area contributed by atoms with Gasteiger partial charge in [-0.1, -0.05) is 17.7 Å². The summed E-state index contributed by atoms with van der Waals surface area (Å²) < 4.78 is 34.2. The first-order chi connectivity index (χ1) is 15.9. The lowest BCUT2D eigenvalue weighted by molar-refractivity contribution is -0.132. The van der Waals surface area contributed by atoms with Crippen molar-refractivity contribution in [3.8, 4) is 11.5 Å². The van der Waals surface area contributed by atoms with E-state index in [0.717, 1.165) is 5.69 Å². The van der Waals surface area contributed by atoms with Crippen LogP contribution < -0.4 is 19.7 Å². The van der Waals surface area contributed by atoms with E-state index in [0.29, 0.717) is 36.8 Å². The lowest BCUT2D eigenvalue weighted by atomic mass is 10.2. The van der Waals surface area contributed by atoms with Crippen LogP contribution in [0, 0.1) is 0 Å². The third-order valence-corrected chi connectivity index (χ3v) is 5.32. The second kappa shape index (κ2) is 11.5. The number of piperazine rings is 1. The van der Waals surface area contributed by atoms with Gasteiger partial charge in [-0.05, 0) is 48.0 Å². The smallest absolute Gasteiger partial charge is 0.387 e. The molecule has 1 saturated heterocycles. The molecule has 0 saturated carbocycles. The fourth-order valence-electron chi connectivity index (χ4n) is 3.35. The Morgan fingerprint density at radius 2 is 1.79 bits per heavy atom. The second-order valence-electron chi connectivity index (χ2n) is 7.18. The number of benzene rings is 2. The number of carbonyl (C=O) groups is 2. The molecule has 0 unspecified atom stereocenters. The van der Waals surface area contributed by atoms with Gasteiger partial charge in [-0.3, -0.25) is 9.59 Å². The Morgan fingerprint density at radius 1 is 1.09 bits per heavy atom. The SMILES string of the molecule is COc1cc(/C=C/C(=O)NCC(=O)N2CCN(c3ccc(Cl)cc3)CC2)ccc1OC(F)F. The molecule has 0 bridgehead atoms. The third-order valence-electron chi connectivity index (χ3n) is 5.07. The molecule has 0 radical (unpaired) electrons. The van der Waals surface area contributed by atoms with Crippen LogP contribution in [-0.4, -0.2) is 63.2 Å². The van der Waals surface area contributed by atoms with Gasteiger partial charge in [0.1, 0.15) is 0 Å². The number of halogens is 3. The maximum Gasteiger partial charge on any atom is 0.387 e. The van der Waals surface area contributed by atoms with Crippen molar-refractivity contribution in [2.75, 3.05) is 44.7 Å². The number of rotatable bonds is 8. The highest BCUT2D eigenvalue weighted by atomic mass is 35.5. The number of alkyl halides is 2. The molecule has 7 nitrogen and oxygen atoms in total. The van der Waals surface area contributed by atoms with Gasteiger partial charge in [0.2, 0.25) is 11.8 Å². The van der Waals surface area contributed by atoms with Crippen LogP contribution in [0.2, 0.25) is 5.02 Å². The summed E-state index contributed by atoms with van der Waals surface area (Å²) in [4.78, 5) is 28.4. The van der Waals surface area contributed by atoms with E-state index < -0.39 is 12.5 Å². The normalized spacial score (nSPS) is 14.0. The van der Waals surface area contributed by atoms with Crippen molar-refractivity contribution in [1.29, 1.82) is 0 Å². The van der Waals surface area contributed by atoms with Crippen LogP contribution in [0.15, 0.2) is 48.5 Å². The second-order valence-corrected chi connectivity index (χ2v) is 7.62. The molecule has 10 heteroatoms. The lowest BCUT2D eigenvalue weighted by Crippen LogP contribution is -2.51. The zero-order chi connectivity index (χ0) is 23.8. The number of nitrogens with one attached hydrogen (secondary N) is 1. The summed E-state index contributed by atoms with van der Waals surface area (Å²) in [6.45, 7) is -0.596. The van der Waals surface area contributed by atoms with Gasteiger partial charge in [0.05, 0.1) is 13.7 Å². The zero-order valence-corrected chi connectivity index (χ0v) is 18.7. The first-order valence-electron chi connectivity index (χ1n) is 10.2. The first kappa shape index (κ1) is 24.3. The van der Waals surface area contributed by atoms with Crippen LogP contribution in [0.5, 0.6) is 11.5 Å². The molecule has 0 aromatic heterocycles. The van der Waals surface area contributed by atoms with Crippen molar-refractivity contribution in [1.82, 2.24) is 10.2 Å². The van der Waals surface area contributed by atoms with Gasteiger partial charge in [-0.25, -0.2) is 0 Å². The Labute approximate surface area is 195 Å². The first-order valence-corrected chi connectivity index (χ1v) is 10.6. The number of methoxy groups -OCH3 is 1. The van der Waals surface area contributed by atoms with Crippen molar-refractivity contribution in [3.05, 3.63) is 59.1 Å². The van der Waals surface area contributed by atoms with Crippen LogP contribution in [-0.2, 0) is 9.59 Å². The fourth-order valence-corrected chi connectivity index (χ4v) is 3.48. The van der Waals surface area contributed by atoms with Gasteiger partial charge >= 0.3 is 6.61 Å². The predicted octanol–water partition coefficient (Wildman–Crippen LogP) is 3.43. The van der Waals surface area contributed by atoms with E-state index in [1.165, 1.54) is 37.5 Å². The average molecular weight is 480 g/mol. The minimum atomic E-state index is -2.97. The van der Waals surface area contributed by atoms with E-state index in [-0.39, 0.29) is 24.0 Å². The van der Waals surface area contributed by atoms with Gasteiger partial charge in [0.25, 0.3) is 0 Å². The average Bonchev–Trinajstić information content (AvgIpc) is 2.82. The fraction of sp³-hybridized carbons (Fsp3) is 0.304. The van der Waals surface area contributed by atoms with Crippen molar-refractivity contribution in [2.45, 2.75) is 6.61 Å². The summed E-state index contributed by atoms with van der Waals surface area (Å²) in [5.74, 6) is -0.598. The molecule has 0 aliphatic carbocycles. The summed E-state index contributed by atoms with van der Waals surface area (Å²) >= 11 is 5.92. The molecule has 1 N–H and O–H groups in total. The molecule has 33 heavy (non-hydrogen) atoms. The lowest BCUT2D eigenvalue weighted by Gasteiger charge is -2.36. The maximum atomic E-state index is 12.4. The Hall–Kier alpha value is -3.33. The van der Waals surface area contributed by atoms with Gasteiger partial charge < -0.3 is 24.6 Å². The summed E-state index contributed by atoms with van der Waals surface area (Å²) in [5, 5.41) is 3.24. The molecule has 0 spiro atoms. The van der Waals surface area contributed by atoms with Crippen molar-refractivity contribution < 1.29 is 27.8 Å². The molecule has 176 valence electrons. The highest BCUT2D eigenvalue weighted by Crippen LogP contribution is 2.29. The molecule has 1 aliphatic rings. The topological polar surface area (TPSA) is 71.1 Å². The summed E-state index contributed by atoms with van der Waals surface area (Å²) in [7, 11) is 1.33. The summed E-state index contributed by atoms with van der Waals surface area (Å²) in [5.41, 5.74) is 1.60. The third kappa shape index (κ3) is 7.08. The number of ether oxygens (including phenoxy) is 2. The van der Waals surface area contributed by atoms with Gasteiger partial charge in [0, 0.05) is 43.0 Å². The Balaban J connectivity index is 1.45. The van der Waals surface area contributed by atoms with Gasteiger partial charge in [-0.15, -0.1) is 0 Å². The molecular formula is C23H24ClF2N3O4. The van der Waals surface area contributed by atoms with Crippen LogP contribution in [0.1, 0.15) is 5.56 Å². The summed E-state index contributed by atoms with van der Waals surface area (Å²) in [6, 6.07) is 11.9. The maximum absolute atomic E-state index is 12.4. The molecular weight excluding hydrogens is 456 g/mol. The number of anilines is 1. The molecule has 1 aliphatic heterocycles. The number of nitrogens with zero attached hydrogens (tertiary/aromatic N) is 2. The Bertz CT molecular complexity index is 994. The van der Waals surface area contributed by atoms with E-state index in [9.17, 15) is 18.4 Å². The molecule has 0 atom stereocenters. The van der Waals surface area contributed by atoms with E-state index in [4.69, 9.17) is 16.3 Å². The van der Waals surface area contributed by atoms with Crippen molar-refractivity contribution in [3.63, 3.8) is 0 Å². The molecule has 2 amide bonds. The largest absolute Gasteiger partial charge is 0.493 e. The molecule has 1 heterocycles. The highest BCUT2D eigenvalue weighted by Gasteiger charge is 2.21. The highest BCUT2D eigenvalue weighted by molar-refractivity contribution is 6.30. The Kier molecular flexibility index (Phi) is 8.48. The van der Waals surface area contributed by atoms with Gasteiger partial charge in [0.15, 0.2) is 11.5 Å². The van der Waals surface area contributed by atoms with Crippen molar-refractivity contribution >= 4 is 35.2 Å². The van der Waals surface area contributed by atoms with E-state index in [1.807, 2.05) is 24.3 Å². The number of hydrogen-bond acceptors (Lipinski definition) is 5. The van der Waals surface area contributed by atoms with Crippen LogP contribution in [0.4, 0.5) is 14.5 Å². The van der Waals surface area contributed by atoms with Crippen LogP contribution in [0.3, 0.4) is 0 Å². The van der Waals surface area contributed by atoms with Crippen LogP contribution in [0.25, 0.3) is 6.08 Å². The van der Waals surface area contributed by atoms with Gasteiger partial charge in [-0.2, -0.15) is 8.78 Å². The number of carbonyl (C=O) groups excluding carboxylic acids is 2. The number of amides is 2. The summed E-state index contributed by atoms with van der Waals surface area (Å²) in [6.07, 6.45) is 2.74. The quantitative estimate of drug-likeness (QED) is 0.587. The minimum absolute atomic E-state index is 0.101. The minimum Gasteiger partial charge on any atom is -0.493 e. The standard InChI is InChI=1S/C23H24ClF2N3O4/c1-32-20-14-16(2-8-19(20)33-23(25)26)3-9-21(30)27-15-22(31)29-12-10-28(11-13-29)18-6-4-17(24)5-7-18/h2-9,14,23H,10-13,15H2,1H3,(H,27,30)/b9-3+. The van der Waals surface area contributed by atoms with E-state index >= 15 is 0 Å². The molecule has 2 aromatic rings. The number of hydrogen-bond donors (Lipinski definition) is 1. The zero-order valence-electron chi connectivity index (χ0n) is 18.0. The van der Waals surface area contributed by atoms with E-state index in [2.05, 4.69) is 15.0 Å². The van der Waals surface area contributed by atoms with Crippen LogP contribution >= 0.6 is 11.6 Å². The molecule has 3 rings (SSSR count). The van der Waals surface area contributed by atoms with E-state index in [1.54, 1.807) is 4.90 Å². The molecule has 1 fully saturated rings. The monoisotopic (exact) mass is 479 g/mol. The Morgan fingerprint density at radius 3 is 2.42 bits per heavy atom. The van der Waals surface area contributed by atoms with Crippen molar-refractivity contribution in [2.24, 2.45) is 0 Å². The predicted molar refractivity (Wildman–Crippen MR) is 122 cm³/mol.